The van der Waals surface area contributed by atoms with Crippen LogP contribution in [0.25, 0.3) is 0 Å². The minimum atomic E-state index is 0.0531. The molecule has 28 heavy (non-hydrogen) atoms. The molecule has 1 aromatic heterocycles. The van der Waals surface area contributed by atoms with Crippen molar-refractivity contribution in [3.8, 4) is 0 Å². The smallest absolute Gasteiger partial charge is 0.221 e. The van der Waals surface area contributed by atoms with Crippen molar-refractivity contribution in [3.05, 3.63) is 18.1 Å². The van der Waals surface area contributed by atoms with Gasteiger partial charge in [0.25, 0.3) is 0 Å². The van der Waals surface area contributed by atoms with Gasteiger partial charge in [-0.25, -0.2) is 9.97 Å². The molecule has 154 valence electrons. The first-order chi connectivity index (χ1) is 13.4. The van der Waals surface area contributed by atoms with Crippen molar-refractivity contribution >= 4 is 11.7 Å². The summed E-state index contributed by atoms with van der Waals surface area (Å²) in [4.78, 5) is 28.0. The summed E-state index contributed by atoms with van der Waals surface area (Å²) < 4.78 is 0. The molecular formula is C21H34N6O. The van der Waals surface area contributed by atoms with Crippen LogP contribution in [0, 0.1) is 11.8 Å². The molecule has 3 fully saturated rings. The number of anilines is 1. The molecule has 1 aromatic rings. The fourth-order valence-corrected chi connectivity index (χ4v) is 4.71. The average Bonchev–Trinajstić information content (AvgIpc) is 3.14. The van der Waals surface area contributed by atoms with Crippen molar-refractivity contribution in [2.75, 3.05) is 63.8 Å². The van der Waals surface area contributed by atoms with Crippen LogP contribution in [0.4, 0.5) is 5.82 Å². The standard InChI is InChI=1S/C21H34N6O/c1-21(2,3)18-10-19(24-15-23-18)27-13-16-11-26(12-17(16)14-27)9-8-25-6-4-20(28)22-5-7-25/h10,15-17H,4-9,11-14H2,1-3H3,(H,22,28). The predicted molar refractivity (Wildman–Crippen MR) is 110 cm³/mol. The Labute approximate surface area is 168 Å². The van der Waals surface area contributed by atoms with Crippen LogP contribution < -0.4 is 10.2 Å². The van der Waals surface area contributed by atoms with Crippen molar-refractivity contribution in [1.82, 2.24) is 25.1 Å². The predicted octanol–water partition coefficient (Wildman–Crippen LogP) is 0.964. The van der Waals surface area contributed by atoms with Crippen LogP contribution in [0.2, 0.25) is 0 Å². The van der Waals surface area contributed by atoms with Gasteiger partial charge in [-0.15, -0.1) is 0 Å². The zero-order valence-corrected chi connectivity index (χ0v) is 17.5. The van der Waals surface area contributed by atoms with Crippen molar-refractivity contribution in [1.29, 1.82) is 0 Å². The molecule has 3 saturated heterocycles. The first kappa shape index (κ1) is 19.6. The first-order valence-electron chi connectivity index (χ1n) is 10.7. The van der Waals surface area contributed by atoms with Gasteiger partial charge in [0.1, 0.15) is 12.1 Å². The lowest BCUT2D eigenvalue weighted by atomic mass is 9.92. The third-order valence-electron chi connectivity index (χ3n) is 6.44. The van der Waals surface area contributed by atoms with E-state index >= 15 is 0 Å². The van der Waals surface area contributed by atoms with Crippen LogP contribution in [0.15, 0.2) is 12.4 Å². The van der Waals surface area contributed by atoms with Gasteiger partial charge in [0, 0.05) is 76.8 Å². The Balaban J connectivity index is 1.27. The number of nitrogens with zero attached hydrogens (tertiary/aromatic N) is 5. The minimum Gasteiger partial charge on any atom is -0.356 e. The molecule has 2 atom stereocenters. The van der Waals surface area contributed by atoms with Crippen molar-refractivity contribution in [2.45, 2.75) is 32.6 Å². The van der Waals surface area contributed by atoms with E-state index in [4.69, 9.17) is 0 Å². The van der Waals surface area contributed by atoms with Gasteiger partial charge in [-0.05, 0) is 11.8 Å². The number of carbonyl (C=O) groups excluding carboxylic acids is 1. The Morgan fingerprint density at radius 2 is 1.75 bits per heavy atom. The SMILES string of the molecule is CC(C)(C)c1cc(N2CC3CN(CCN4CCNC(=O)CC4)CC3C2)ncn1. The molecule has 2 unspecified atom stereocenters. The zero-order valence-electron chi connectivity index (χ0n) is 17.5. The van der Waals surface area contributed by atoms with Crippen molar-refractivity contribution in [3.63, 3.8) is 0 Å². The highest BCUT2D eigenvalue weighted by Crippen LogP contribution is 2.34. The number of amides is 1. The summed E-state index contributed by atoms with van der Waals surface area (Å²) in [6.45, 7) is 16.0. The van der Waals surface area contributed by atoms with Gasteiger partial charge in [-0.1, -0.05) is 20.8 Å². The molecule has 1 N–H and O–H groups in total. The molecule has 1 amide bonds. The molecule has 7 nitrogen and oxygen atoms in total. The maximum atomic E-state index is 11.5. The molecule has 0 radical (unpaired) electrons. The molecule has 3 aliphatic heterocycles. The van der Waals surface area contributed by atoms with E-state index in [9.17, 15) is 4.79 Å². The summed E-state index contributed by atoms with van der Waals surface area (Å²) in [5.41, 5.74) is 1.17. The first-order valence-corrected chi connectivity index (χ1v) is 10.7. The number of rotatable bonds is 4. The van der Waals surface area contributed by atoms with Crippen LogP contribution >= 0.6 is 0 Å². The van der Waals surface area contributed by atoms with Gasteiger partial charge in [0.05, 0.1) is 5.69 Å². The van der Waals surface area contributed by atoms with Crippen molar-refractivity contribution < 1.29 is 4.79 Å². The second kappa shape index (κ2) is 7.95. The van der Waals surface area contributed by atoms with E-state index in [1.807, 2.05) is 0 Å². The van der Waals surface area contributed by atoms with Crippen LogP contribution in [-0.4, -0.2) is 84.6 Å². The molecule has 0 aliphatic carbocycles. The monoisotopic (exact) mass is 386 g/mol. The van der Waals surface area contributed by atoms with Gasteiger partial charge in [-0.2, -0.15) is 0 Å². The Morgan fingerprint density at radius 3 is 2.46 bits per heavy atom. The molecule has 4 rings (SSSR count). The van der Waals surface area contributed by atoms with E-state index in [-0.39, 0.29) is 11.3 Å². The molecule has 3 aliphatic rings. The second-order valence-corrected chi connectivity index (χ2v) is 9.64. The summed E-state index contributed by atoms with van der Waals surface area (Å²) in [7, 11) is 0. The topological polar surface area (TPSA) is 64.6 Å². The molecular weight excluding hydrogens is 352 g/mol. The molecule has 4 heterocycles. The lowest BCUT2D eigenvalue weighted by Gasteiger charge is -2.26. The van der Waals surface area contributed by atoms with E-state index in [0.29, 0.717) is 6.42 Å². The number of aromatic nitrogens is 2. The number of hydrogen-bond acceptors (Lipinski definition) is 6. The van der Waals surface area contributed by atoms with E-state index in [0.717, 1.165) is 69.2 Å². The van der Waals surface area contributed by atoms with Crippen molar-refractivity contribution in [2.24, 2.45) is 11.8 Å². The zero-order chi connectivity index (χ0) is 19.7. The largest absolute Gasteiger partial charge is 0.356 e. The second-order valence-electron chi connectivity index (χ2n) is 9.64. The van der Waals surface area contributed by atoms with Crippen LogP contribution in [-0.2, 0) is 10.2 Å². The fourth-order valence-electron chi connectivity index (χ4n) is 4.71. The van der Waals surface area contributed by atoms with Gasteiger partial charge >= 0.3 is 0 Å². The Kier molecular flexibility index (Phi) is 5.56. The summed E-state index contributed by atoms with van der Waals surface area (Å²) in [5, 5.41) is 2.96. The normalized spacial score (nSPS) is 27.0. The molecule has 0 saturated carbocycles. The Morgan fingerprint density at radius 1 is 1.04 bits per heavy atom. The highest BCUT2D eigenvalue weighted by atomic mass is 16.1. The summed E-state index contributed by atoms with van der Waals surface area (Å²) in [6.07, 6.45) is 2.35. The van der Waals surface area contributed by atoms with Crippen LogP contribution in [0.5, 0.6) is 0 Å². The molecule has 0 spiro atoms. The lowest BCUT2D eigenvalue weighted by molar-refractivity contribution is -0.120. The number of likely N-dealkylation sites (tertiary alicyclic amines) is 1. The summed E-state index contributed by atoms with van der Waals surface area (Å²) in [6, 6.07) is 2.17. The molecule has 7 heteroatoms. The Bertz CT molecular complexity index is 688. The lowest BCUT2D eigenvalue weighted by Crippen LogP contribution is -2.37. The fraction of sp³-hybridized carbons (Fsp3) is 0.762. The van der Waals surface area contributed by atoms with Gasteiger partial charge in [-0.3, -0.25) is 9.69 Å². The Hall–Kier alpha value is -1.73. The van der Waals surface area contributed by atoms with Crippen LogP contribution in [0.3, 0.4) is 0 Å². The quantitative estimate of drug-likeness (QED) is 0.832. The summed E-state index contributed by atoms with van der Waals surface area (Å²) in [5.74, 6) is 2.75. The third-order valence-corrected chi connectivity index (χ3v) is 6.44. The maximum Gasteiger partial charge on any atom is 0.221 e. The highest BCUT2D eigenvalue weighted by molar-refractivity contribution is 5.76. The van der Waals surface area contributed by atoms with E-state index in [1.54, 1.807) is 6.33 Å². The average molecular weight is 387 g/mol. The third kappa shape index (κ3) is 4.46. The van der Waals surface area contributed by atoms with Gasteiger partial charge in [0.15, 0.2) is 0 Å². The molecule has 0 aromatic carbocycles. The van der Waals surface area contributed by atoms with Gasteiger partial charge in [0.2, 0.25) is 5.91 Å². The van der Waals surface area contributed by atoms with E-state index in [2.05, 4.69) is 56.8 Å². The van der Waals surface area contributed by atoms with Crippen LogP contribution in [0.1, 0.15) is 32.9 Å². The summed E-state index contributed by atoms with van der Waals surface area (Å²) >= 11 is 0. The number of hydrogen-bond donors (Lipinski definition) is 1. The van der Waals surface area contributed by atoms with E-state index in [1.165, 1.54) is 13.1 Å². The minimum absolute atomic E-state index is 0.0531. The number of carbonyl (C=O) groups is 1. The number of nitrogens with one attached hydrogen (secondary N) is 1. The van der Waals surface area contributed by atoms with E-state index < -0.39 is 0 Å². The maximum absolute atomic E-state index is 11.5. The highest BCUT2D eigenvalue weighted by Gasteiger charge is 2.40. The van der Waals surface area contributed by atoms with Gasteiger partial charge < -0.3 is 15.1 Å². The molecule has 0 bridgehead atoms. The number of fused-ring (bicyclic) bond motifs is 1.